The third-order valence-corrected chi connectivity index (χ3v) is 3.58. The largest absolute Gasteiger partial charge is 0.469 e. The summed E-state index contributed by atoms with van der Waals surface area (Å²) in [6.45, 7) is 6.08. The Balaban J connectivity index is 2.34. The van der Waals surface area contributed by atoms with Gasteiger partial charge < -0.3 is 10.1 Å². The molecule has 0 spiro atoms. The average Bonchev–Trinajstić information content (AvgIpc) is 2.44. The molecule has 0 heterocycles. The highest BCUT2D eigenvalue weighted by Gasteiger charge is 2.21. The number of ether oxygens (including phenoxy) is 1. The van der Waals surface area contributed by atoms with Gasteiger partial charge in [-0.2, -0.15) is 0 Å². The lowest BCUT2D eigenvalue weighted by molar-refractivity contribution is -0.145. The lowest BCUT2D eigenvalue weighted by Gasteiger charge is -2.23. The molecule has 0 saturated heterocycles. The van der Waals surface area contributed by atoms with Crippen molar-refractivity contribution in [1.29, 1.82) is 0 Å². The van der Waals surface area contributed by atoms with Crippen molar-refractivity contribution in [2.45, 2.75) is 45.7 Å². The summed E-state index contributed by atoms with van der Waals surface area (Å²) in [5.41, 5.74) is 1.35. The van der Waals surface area contributed by atoms with Crippen molar-refractivity contribution >= 4 is 5.97 Å². The number of esters is 1. The number of benzene rings is 1. The first-order valence-corrected chi connectivity index (χ1v) is 6.92. The Labute approximate surface area is 116 Å². The Morgan fingerprint density at radius 2 is 1.84 bits per heavy atom. The van der Waals surface area contributed by atoms with E-state index in [9.17, 15) is 4.79 Å². The van der Waals surface area contributed by atoms with E-state index in [2.05, 4.69) is 36.5 Å². The molecule has 0 aliphatic carbocycles. The van der Waals surface area contributed by atoms with Gasteiger partial charge in [0.15, 0.2) is 0 Å². The predicted octanol–water partition coefficient (Wildman–Crippen LogP) is 2.79. The fourth-order valence-electron chi connectivity index (χ4n) is 2.09. The van der Waals surface area contributed by atoms with Crippen molar-refractivity contribution < 1.29 is 9.53 Å². The van der Waals surface area contributed by atoms with E-state index in [0.29, 0.717) is 6.04 Å². The standard InChI is InChI=1S/C16H25NO2/c1-12(10-11-15-8-6-5-7-9-15)17-14(3)13(2)16(18)19-4/h5-9,12-14,17H,10-11H2,1-4H3. The SMILES string of the molecule is COC(=O)C(C)C(C)NC(C)CCc1ccccc1. The molecule has 106 valence electrons. The summed E-state index contributed by atoms with van der Waals surface area (Å²) in [5.74, 6) is -0.278. The van der Waals surface area contributed by atoms with E-state index in [-0.39, 0.29) is 17.9 Å². The number of hydrogen-bond donors (Lipinski definition) is 1. The van der Waals surface area contributed by atoms with Crippen molar-refractivity contribution in [3.05, 3.63) is 35.9 Å². The molecular formula is C16H25NO2. The van der Waals surface area contributed by atoms with E-state index < -0.39 is 0 Å². The van der Waals surface area contributed by atoms with E-state index in [1.807, 2.05) is 19.9 Å². The molecule has 1 N–H and O–H groups in total. The molecule has 0 amide bonds. The number of carbonyl (C=O) groups is 1. The number of hydrogen-bond acceptors (Lipinski definition) is 3. The van der Waals surface area contributed by atoms with Crippen molar-refractivity contribution in [3.8, 4) is 0 Å². The lowest BCUT2D eigenvalue weighted by atomic mass is 10.0. The molecule has 0 fully saturated rings. The maximum absolute atomic E-state index is 11.5. The monoisotopic (exact) mass is 263 g/mol. The van der Waals surface area contributed by atoms with Gasteiger partial charge in [0, 0.05) is 12.1 Å². The van der Waals surface area contributed by atoms with Crippen LogP contribution in [0.2, 0.25) is 0 Å². The van der Waals surface area contributed by atoms with Crippen LogP contribution >= 0.6 is 0 Å². The van der Waals surface area contributed by atoms with Crippen molar-refractivity contribution in [1.82, 2.24) is 5.32 Å². The number of rotatable bonds is 7. The van der Waals surface area contributed by atoms with Gasteiger partial charge in [-0.15, -0.1) is 0 Å². The summed E-state index contributed by atoms with van der Waals surface area (Å²) in [4.78, 5) is 11.5. The maximum Gasteiger partial charge on any atom is 0.309 e. The summed E-state index contributed by atoms with van der Waals surface area (Å²) in [7, 11) is 1.43. The smallest absolute Gasteiger partial charge is 0.309 e. The Kier molecular flexibility index (Phi) is 6.57. The van der Waals surface area contributed by atoms with E-state index >= 15 is 0 Å². The fourth-order valence-corrected chi connectivity index (χ4v) is 2.09. The Bertz CT molecular complexity index is 378. The highest BCUT2D eigenvalue weighted by Crippen LogP contribution is 2.09. The Hall–Kier alpha value is -1.35. The van der Waals surface area contributed by atoms with E-state index in [1.54, 1.807) is 0 Å². The zero-order chi connectivity index (χ0) is 14.3. The van der Waals surface area contributed by atoms with E-state index in [0.717, 1.165) is 12.8 Å². The second kappa shape index (κ2) is 7.95. The van der Waals surface area contributed by atoms with Gasteiger partial charge in [0.25, 0.3) is 0 Å². The first-order chi connectivity index (χ1) is 9.04. The van der Waals surface area contributed by atoms with Gasteiger partial charge in [0.05, 0.1) is 13.0 Å². The zero-order valence-corrected chi connectivity index (χ0v) is 12.3. The van der Waals surface area contributed by atoms with Crippen LogP contribution in [0.15, 0.2) is 30.3 Å². The van der Waals surface area contributed by atoms with Crippen LogP contribution in [0.5, 0.6) is 0 Å². The van der Waals surface area contributed by atoms with Crippen molar-refractivity contribution in [2.75, 3.05) is 7.11 Å². The molecule has 0 saturated carbocycles. The van der Waals surface area contributed by atoms with E-state index in [1.165, 1.54) is 12.7 Å². The summed E-state index contributed by atoms with van der Waals surface area (Å²) in [6, 6.07) is 11.0. The summed E-state index contributed by atoms with van der Waals surface area (Å²) >= 11 is 0. The molecule has 0 aliphatic rings. The predicted molar refractivity (Wildman–Crippen MR) is 78.0 cm³/mol. The van der Waals surface area contributed by atoms with Gasteiger partial charge in [-0.05, 0) is 32.3 Å². The van der Waals surface area contributed by atoms with Gasteiger partial charge in [0.2, 0.25) is 0 Å². The third-order valence-electron chi connectivity index (χ3n) is 3.58. The second-order valence-corrected chi connectivity index (χ2v) is 5.19. The lowest BCUT2D eigenvalue weighted by Crippen LogP contribution is -2.41. The number of carbonyl (C=O) groups excluding carboxylic acids is 1. The number of nitrogens with one attached hydrogen (secondary N) is 1. The Morgan fingerprint density at radius 3 is 2.42 bits per heavy atom. The Morgan fingerprint density at radius 1 is 1.21 bits per heavy atom. The molecule has 0 radical (unpaired) electrons. The summed E-state index contributed by atoms with van der Waals surface area (Å²) < 4.78 is 4.77. The third kappa shape index (κ3) is 5.43. The highest BCUT2D eigenvalue weighted by molar-refractivity contribution is 5.72. The quantitative estimate of drug-likeness (QED) is 0.769. The van der Waals surface area contributed by atoms with Gasteiger partial charge in [-0.1, -0.05) is 37.3 Å². The first kappa shape index (κ1) is 15.7. The molecule has 19 heavy (non-hydrogen) atoms. The molecule has 3 unspecified atom stereocenters. The van der Waals surface area contributed by atoms with Crippen LogP contribution < -0.4 is 5.32 Å². The van der Waals surface area contributed by atoms with Crippen molar-refractivity contribution in [2.24, 2.45) is 5.92 Å². The van der Waals surface area contributed by atoms with Gasteiger partial charge in [-0.25, -0.2) is 0 Å². The molecule has 3 heteroatoms. The van der Waals surface area contributed by atoms with Crippen LogP contribution in [0.3, 0.4) is 0 Å². The molecule has 3 nitrogen and oxygen atoms in total. The number of aryl methyl sites for hydroxylation is 1. The first-order valence-electron chi connectivity index (χ1n) is 6.92. The average molecular weight is 263 g/mol. The zero-order valence-electron chi connectivity index (χ0n) is 12.3. The molecule has 1 aromatic rings. The van der Waals surface area contributed by atoms with Crippen molar-refractivity contribution in [3.63, 3.8) is 0 Å². The topological polar surface area (TPSA) is 38.3 Å². The minimum atomic E-state index is -0.157. The van der Waals surface area contributed by atoms with Gasteiger partial charge in [0.1, 0.15) is 0 Å². The van der Waals surface area contributed by atoms with Gasteiger partial charge in [-0.3, -0.25) is 4.79 Å². The van der Waals surface area contributed by atoms with Gasteiger partial charge >= 0.3 is 5.97 Å². The molecule has 0 aliphatic heterocycles. The fraction of sp³-hybridized carbons (Fsp3) is 0.562. The molecule has 0 bridgehead atoms. The maximum atomic E-state index is 11.5. The molecule has 0 aromatic heterocycles. The minimum absolute atomic E-state index is 0.121. The van der Waals surface area contributed by atoms with Crippen LogP contribution in [0.25, 0.3) is 0 Å². The van der Waals surface area contributed by atoms with Crippen LogP contribution in [0.1, 0.15) is 32.8 Å². The van der Waals surface area contributed by atoms with Crippen LogP contribution in [0.4, 0.5) is 0 Å². The van der Waals surface area contributed by atoms with Crippen LogP contribution in [0, 0.1) is 5.92 Å². The normalized spacial score (nSPS) is 15.6. The minimum Gasteiger partial charge on any atom is -0.469 e. The molecule has 1 aromatic carbocycles. The molecule has 3 atom stereocenters. The van der Waals surface area contributed by atoms with Crippen LogP contribution in [-0.2, 0) is 16.0 Å². The summed E-state index contributed by atoms with van der Waals surface area (Å²) in [5, 5.41) is 3.46. The highest BCUT2D eigenvalue weighted by atomic mass is 16.5. The number of methoxy groups -OCH3 is 1. The van der Waals surface area contributed by atoms with E-state index in [4.69, 9.17) is 4.74 Å². The second-order valence-electron chi connectivity index (χ2n) is 5.19. The summed E-state index contributed by atoms with van der Waals surface area (Å²) in [6.07, 6.45) is 2.11. The molecule has 1 rings (SSSR count). The molecular weight excluding hydrogens is 238 g/mol. The van der Waals surface area contributed by atoms with Crippen LogP contribution in [-0.4, -0.2) is 25.2 Å².